The maximum absolute atomic E-state index is 11.3. The predicted molar refractivity (Wildman–Crippen MR) is 80.8 cm³/mol. The quantitative estimate of drug-likeness (QED) is 0.387. The molecule has 1 saturated heterocycles. The van der Waals surface area contributed by atoms with Crippen molar-refractivity contribution in [2.24, 2.45) is 11.8 Å². The molecule has 0 bridgehead atoms. The van der Waals surface area contributed by atoms with E-state index in [2.05, 4.69) is 6.58 Å². The van der Waals surface area contributed by atoms with E-state index in [0.29, 0.717) is 12.8 Å². The maximum atomic E-state index is 11.3. The predicted octanol–water partition coefficient (Wildman–Crippen LogP) is -1.29. The molecule has 1 aliphatic carbocycles. The van der Waals surface area contributed by atoms with Crippen LogP contribution in [0.25, 0.3) is 0 Å². The van der Waals surface area contributed by atoms with Gasteiger partial charge in [0.2, 0.25) is 6.29 Å². The average Bonchev–Trinajstić information content (AvgIpc) is 2.97. The first kappa shape index (κ1) is 18.3. The summed E-state index contributed by atoms with van der Waals surface area (Å²) in [7, 11) is 0. The van der Waals surface area contributed by atoms with Crippen LogP contribution in [0.15, 0.2) is 24.0 Å². The summed E-state index contributed by atoms with van der Waals surface area (Å²) in [4.78, 5) is 11.3. The van der Waals surface area contributed by atoms with Gasteiger partial charge in [0.1, 0.15) is 24.4 Å². The molecule has 0 aromatic heterocycles. The highest BCUT2D eigenvalue weighted by molar-refractivity contribution is 5.87. The zero-order valence-corrected chi connectivity index (χ0v) is 13.4. The normalized spacial score (nSPS) is 44.0. The molecule has 0 amide bonds. The van der Waals surface area contributed by atoms with Crippen LogP contribution in [-0.2, 0) is 19.0 Å². The smallest absolute Gasteiger partial charge is 0.334 e. The molecule has 8 unspecified atom stereocenters. The summed E-state index contributed by atoms with van der Waals surface area (Å²) in [5.41, 5.74) is 0.906. The molecule has 0 radical (unpaired) electrons. The third kappa shape index (κ3) is 3.19. The molecule has 8 atom stereocenters. The Kier molecular flexibility index (Phi) is 5.14. The molecule has 3 aliphatic rings. The number of carboxylic acids is 1. The van der Waals surface area contributed by atoms with E-state index in [1.165, 1.54) is 0 Å². The third-order valence-electron chi connectivity index (χ3n) is 5.07. The standard InChI is InChI=1S/C16H22O9/c1-6-2-3-7-8(14(21)22)5-23-15(10(6)7)25-16-13(20)12(19)11(18)9(4-17)24-16/h5,7,9-13,15-20H,1-4H2,(H,21,22). The number of hydrogen-bond donors (Lipinski definition) is 5. The van der Waals surface area contributed by atoms with Crippen LogP contribution in [0.3, 0.4) is 0 Å². The lowest BCUT2D eigenvalue weighted by Gasteiger charge is -2.42. The number of ether oxygens (including phenoxy) is 3. The number of carbonyl (C=O) groups is 1. The fourth-order valence-corrected chi connectivity index (χ4v) is 3.65. The van der Waals surface area contributed by atoms with Gasteiger partial charge in [-0.1, -0.05) is 12.2 Å². The summed E-state index contributed by atoms with van der Waals surface area (Å²) in [6, 6.07) is 0. The van der Waals surface area contributed by atoms with Crippen molar-refractivity contribution in [3.05, 3.63) is 24.0 Å². The number of fused-ring (bicyclic) bond motifs is 1. The number of aliphatic hydroxyl groups is 4. The minimum Gasteiger partial charge on any atom is -0.478 e. The van der Waals surface area contributed by atoms with Crippen molar-refractivity contribution in [2.45, 2.75) is 49.8 Å². The van der Waals surface area contributed by atoms with E-state index < -0.39 is 55.5 Å². The Bertz CT molecular complexity index is 572. The van der Waals surface area contributed by atoms with E-state index in [1.807, 2.05) is 0 Å². The van der Waals surface area contributed by atoms with Gasteiger partial charge in [-0.25, -0.2) is 4.79 Å². The van der Waals surface area contributed by atoms with E-state index in [9.17, 15) is 30.3 Å². The van der Waals surface area contributed by atoms with Gasteiger partial charge in [0, 0.05) is 11.8 Å². The molecule has 25 heavy (non-hydrogen) atoms. The molecule has 2 heterocycles. The Morgan fingerprint density at radius 2 is 1.96 bits per heavy atom. The first-order valence-corrected chi connectivity index (χ1v) is 8.07. The summed E-state index contributed by atoms with van der Waals surface area (Å²) in [6.07, 6.45) is -5.67. The molecular weight excluding hydrogens is 336 g/mol. The Labute approximate surface area is 143 Å². The molecule has 5 N–H and O–H groups in total. The van der Waals surface area contributed by atoms with E-state index in [0.717, 1.165) is 11.8 Å². The highest BCUT2D eigenvalue weighted by atomic mass is 16.8. The monoisotopic (exact) mass is 358 g/mol. The maximum Gasteiger partial charge on any atom is 0.334 e. The zero-order chi connectivity index (χ0) is 18.3. The minimum atomic E-state index is -1.56. The molecule has 2 fully saturated rings. The zero-order valence-electron chi connectivity index (χ0n) is 13.4. The number of aliphatic carboxylic acids is 1. The van der Waals surface area contributed by atoms with E-state index >= 15 is 0 Å². The van der Waals surface area contributed by atoms with E-state index in [-0.39, 0.29) is 11.5 Å². The second-order valence-corrected chi connectivity index (χ2v) is 6.55. The Morgan fingerprint density at radius 3 is 2.60 bits per heavy atom. The molecule has 9 nitrogen and oxygen atoms in total. The van der Waals surface area contributed by atoms with Gasteiger partial charge >= 0.3 is 5.97 Å². The third-order valence-corrected chi connectivity index (χ3v) is 5.07. The highest BCUT2D eigenvalue weighted by Crippen LogP contribution is 2.46. The van der Waals surface area contributed by atoms with Crippen LogP contribution < -0.4 is 0 Å². The molecule has 0 aromatic rings. The summed E-state index contributed by atoms with van der Waals surface area (Å²) in [5.74, 6) is -1.83. The van der Waals surface area contributed by atoms with Gasteiger partial charge in [-0.2, -0.15) is 0 Å². The Hall–Kier alpha value is -1.49. The number of hydrogen-bond acceptors (Lipinski definition) is 8. The van der Waals surface area contributed by atoms with Crippen LogP contribution in [-0.4, -0.2) is 75.1 Å². The molecule has 140 valence electrons. The van der Waals surface area contributed by atoms with Gasteiger partial charge in [0.05, 0.1) is 18.4 Å². The van der Waals surface area contributed by atoms with Crippen LogP contribution >= 0.6 is 0 Å². The lowest BCUT2D eigenvalue weighted by molar-refractivity contribution is -0.339. The Morgan fingerprint density at radius 1 is 1.24 bits per heavy atom. The second-order valence-electron chi connectivity index (χ2n) is 6.55. The fraction of sp³-hybridized carbons (Fsp3) is 0.688. The second kappa shape index (κ2) is 7.02. The topological polar surface area (TPSA) is 146 Å². The lowest BCUT2D eigenvalue weighted by atomic mass is 9.85. The van der Waals surface area contributed by atoms with Gasteiger partial charge in [-0.3, -0.25) is 0 Å². The molecule has 0 aromatic carbocycles. The first-order chi connectivity index (χ1) is 11.8. The van der Waals surface area contributed by atoms with Crippen molar-refractivity contribution in [2.75, 3.05) is 6.61 Å². The molecule has 0 spiro atoms. The molecule has 9 heteroatoms. The molecule has 2 aliphatic heterocycles. The van der Waals surface area contributed by atoms with Crippen LogP contribution in [0.1, 0.15) is 12.8 Å². The van der Waals surface area contributed by atoms with Gasteiger partial charge in [-0.05, 0) is 12.8 Å². The van der Waals surface area contributed by atoms with E-state index in [4.69, 9.17) is 14.2 Å². The largest absolute Gasteiger partial charge is 0.478 e. The SMILES string of the molecule is C=C1CCC2C(C(=O)O)=COC(OC3OC(CO)C(O)C(O)C3O)C12. The van der Waals surface area contributed by atoms with Crippen molar-refractivity contribution in [1.29, 1.82) is 0 Å². The highest BCUT2D eigenvalue weighted by Gasteiger charge is 2.49. The lowest BCUT2D eigenvalue weighted by Crippen LogP contribution is -2.60. The van der Waals surface area contributed by atoms with Gasteiger partial charge in [0.15, 0.2) is 6.29 Å². The van der Waals surface area contributed by atoms with Crippen LogP contribution in [0.5, 0.6) is 0 Å². The number of carboxylic acid groups (broad SMARTS) is 1. The van der Waals surface area contributed by atoms with Crippen molar-refractivity contribution in [3.8, 4) is 0 Å². The molecule has 3 rings (SSSR count). The minimum absolute atomic E-state index is 0.136. The van der Waals surface area contributed by atoms with Crippen molar-refractivity contribution < 1.29 is 44.5 Å². The molecule has 1 saturated carbocycles. The number of rotatable bonds is 4. The van der Waals surface area contributed by atoms with Gasteiger partial charge in [0.25, 0.3) is 0 Å². The van der Waals surface area contributed by atoms with Crippen LogP contribution in [0.2, 0.25) is 0 Å². The van der Waals surface area contributed by atoms with Crippen LogP contribution in [0, 0.1) is 11.8 Å². The first-order valence-electron chi connectivity index (χ1n) is 8.07. The summed E-state index contributed by atoms with van der Waals surface area (Å²) < 4.78 is 16.3. The van der Waals surface area contributed by atoms with Crippen molar-refractivity contribution >= 4 is 5.97 Å². The summed E-state index contributed by atoms with van der Waals surface area (Å²) in [5, 5.41) is 48.2. The van der Waals surface area contributed by atoms with Crippen molar-refractivity contribution in [1.82, 2.24) is 0 Å². The van der Waals surface area contributed by atoms with Gasteiger partial charge in [-0.15, -0.1) is 0 Å². The summed E-state index contributed by atoms with van der Waals surface area (Å²) in [6.45, 7) is 3.37. The summed E-state index contributed by atoms with van der Waals surface area (Å²) >= 11 is 0. The van der Waals surface area contributed by atoms with Crippen LogP contribution in [0.4, 0.5) is 0 Å². The Balaban J connectivity index is 1.78. The fourth-order valence-electron chi connectivity index (χ4n) is 3.65. The molecular formula is C16H22O9. The van der Waals surface area contributed by atoms with Crippen molar-refractivity contribution in [3.63, 3.8) is 0 Å². The van der Waals surface area contributed by atoms with Gasteiger partial charge < -0.3 is 39.7 Å². The van der Waals surface area contributed by atoms with E-state index in [1.54, 1.807) is 0 Å². The number of aliphatic hydroxyl groups excluding tert-OH is 4. The average molecular weight is 358 g/mol.